The van der Waals surface area contributed by atoms with Gasteiger partial charge in [-0.25, -0.2) is 0 Å². The van der Waals surface area contributed by atoms with Crippen LogP contribution in [0.2, 0.25) is 0 Å². The van der Waals surface area contributed by atoms with Gasteiger partial charge in [-0.2, -0.15) is 0 Å². The van der Waals surface area contributed by atoms with Crippen LogP contribution in [0.1, 0.15) is 26.2 Å². The molecule has 1 amide bonds. The first-order valence-electron chi connectivity index (χ1n) is 8.37. The molecule has 0 aliphatic carbocycles. The van der Waals surface area contributed by atoms with Crippen molar-refractivity contribution >= 4 is 5.91 Å². The molecule has 0 saturated carbocycles. The number of nitrogens with zero attached hydrogens (tertiary/aromatic N) is 1. The van der Waals surface area contributed by atoms with E-state index in [0.29, 0.717) is 32.7 Å². The maximum absolute atomic E-state index is 12.6. The Morgan fingerprint density at radius 3 is 2.61 bits per heavy atom. The first-order valence-corrected chi connectivity index (χ1v) is 8.37. The fraction of sp³-hybridized carbons (Fsp3) is 0.611. The minimum absolute atomic E-state index is 0.0335. The Hall–Kier alpha value is -1.59. The highest BCUT2D eigenvalue weighted by Gasteiger charge is 2.42. The average molecular weight is 319 g/mol. The summed E-state index contributed by atoms with van der Waals surface area (Å²) in [6.45, 7) is 4.01. The molecule has 1 aromatic rings. The molecular formula is C18H25NO4. The lowest BCUT2D eigenvalue weighted by atomic mass is 9.89. The summed E-state index contributed by atoms with van der Waals surface area (Å²) in [4.78, 5) is 14.4. The smallest absolute Gasteiger partial charge is 0.225 e. The number of ether oxygens (including phenoxy) is 2. The summed E-state index contributed by atoms with van der Waals surface area (Å²) in [6, 6.07) is 9.52. The molecule has 2 saturated heterocycles. The lowest BCUT2D eigenvalue weighted by Gasteiger charge is -2.43. The molecule has 2 heterocycles. The number of rotatable bonds is 3. The lowest BCUT2D eigenvalue weighted by Crippen LogP contribution is -2.59. The van der Waals surface area contributed by atoms with Crippen LogP contribution in [-0.2, 0) is 9.53 Å². The summed E-state index contributed by atoms with van der Waals surface area (Å²) in [6.07, 6.45) is 1.89. The van der Waals surface area contributed by atoms with Crippen LogP contribution in [0.25, 0.3) is 0 Å². The fourth-order valence-corrected chi connectivity index (χ4v) is 3.39. The van der Waals surface area contributed by atoms with Gasteiger partial charge in [0.15, 0.2) is 0 Å². The van der Waals surface area contributed by atoms with Gasteiger partial charge in [0.25, 0.3) is 0 Å². The Kier molecular flexibility index (Phi) is 4.87. The number of piperidine rings is 1. The van der Waals surface area contributed by atoms with E-state index in [1.54, 1.807) is 11.8 Å². The molecule has 126 valence electrons. The Morgan fingerprint density at radius 1 is 1.26 bits per heavy atom. The van der Waals surface area contributed by atoms with Crippen LogP contribution < -0.4 is 4.74 Å². The van der Waals surface area contributed by atoms with E-state index in [2.05, 4.69) is 0 Å². The van der Waals surface area contributed by atoms with Crippen LogP contribution in [0.15, 0.2) is 30.3 Å². The Morgan fingerprint density at radius 2 is 1.96 bits per heavy atom. The molecule has 0 unspecified atom stereocenters. The van der Waals surface area contributed by atoms with Gasteiger partial charge in [-0.3, -0.25) is 4.79 Å². The van der Waals surface area contributed by atoms with Gasteiger partial charge in [0, 0.05) is 32.1 Å². The van der Waals surface area contributed by atoms with E-state index in [9.17, 15) is 9.90 Å². The van der Waals surface area contributed by atoms with Gasteiger partial charge < -0.3 is 19.5 Å². The molecule has 23 heavy (non-hydrogen) atoms. The van der Waals surface area contributed by atoms with Crippen molar-refractivity contribution in [2.24, 2.45) is 5.92 Å². The second kappa shape index (κ2) is 6.89. The lowest BCUT2D eigenvalue weighted by molar-refractivity contribution is -0.152. The third-order valence-electron chi connectivity index (χ3n) is 4.77. The first-order chi connectivity index (χ1) is 11.1. The van der Waals surface area contributed by atoms with Crippen molar-refractivity contribution < 1.29 is 19.4 Å². The molecule has 3 rings (SSSR count). The summed E-state index contributed by atoms with van der Waals surface area (Å²) >= 11 is 0. The molecule has 0 radical (unpaired) electrons. The van der Waals surface area contributed by atoms with Crippen molar-refractivity contribution in [2.75, 3.05) is 26.3 Å². The molecule has 0 bridgehead atoms. The number of amides is 1. The Bertz CT molecular complexity index is 525. The normalized spacial score (nSPS) is 29.3. The molecule has 2 fully saturated rings. The highest BCUT2D eigenvalue weighted by molar-refractivity contribution is 5.79. The maximum atomic E-state index is 12.6. The summed E-state index contributed by atoms with van der Waals surface area (Å²) in [5.74, 6) is 0.930. The summed E-state index contributed by atoms with van der Waals surface area (Å²) in [5, 5.41) is 10.8. The van der Waals surface area contributed by atoms with Crippen molar-refractivity contribution in [3.05, 3.63) is 30.3 Å². The van der Waals surface area contributed by atoms with Crippen LogP contribution in [0, 0.1) is 5.92 Å². The van der Waals surface area contributed by atoms with E-state index in [0.717, 1.165) is 18.6 Å². The van der Waals surface area contributed by atoms with Gasteiger partial charge >= 0.3 is 0 Å². The minimum atomic E-state index is -1.05. The molecule has 2 aliphatic heterocycles. The van der Waals surface area contributed by atoms with Crippen LogP contribution in [0.4, 0.5) is 0 Å². The van der Waals surface area contributed by atoms with E-state index in [1.165, 1.54) is 0 Å². The molecular weight excluding hydrogens is 294 g/mol. The van der Waals surface area contributed by atoms with E-state index < -0.39 is 5.60 Å². The second-order valence-corrected chi connectivity index (χ2v) is 6.71. The van der Waals surface area contributed by atoms with Gasteiger partial charge in [-0.1, -0.05) is 18.2 Å². The second-order valence-electron chi connectivity index (χ2n) is 6.71. The van der Waals surface area contributed by atoms with Crippen LogP contribution in [-0.4, -0.2) is 53.9 Å². The number of hydrogen-bond acceptors (Lipinski definition) is 4. The predicted molar refractivity (Wildman–Crippen MR) is 86.2 cm³/mol. The molecule has 0 aromatic heterocycles. The van der Waals surface area contributed by atoms with Gasteiger partial charge in [-0.05, 0) is 31.9 Å². The highest BCUT2D eigenvalue weighted by Crippen LogP contribution is 2.28. The largest absolute Gasteiger partial charge is 0.487 e. The van der Waals surface area contributed by atoms with Crippen molar-refractivity contribution in [1.82, 2.24) is 4.90 Å². The molecule has 2 atom stereocenters. The number of carbonyl (C=O) groups excluding carboxylic acids is 1. The summed E-state index contributed by atoms with van der Waals surface area (Å²) in [7, 11) is 0. The zero-order valence-electron chi connectivity index (χ0n) is 13.6. The van der Waals surface area contributed by atoms with Crippen LogP contribution in [0.3, 0.4) is 0 Å². The summed E-state index contributed by atoms with van der Waals surface area (Å²) in [5.41, 5.74) is -1.05. The quantitative estimate of drug-likeness (QED) is 0.923. The maximum Gasteiger partial charge on any atom is 0.225 e. The van der Waals surface area contributed by atoms with Crippen molar-refractivity contribution in [1.29, 1.82) is 0 Å². The number of β-amino-alcohol motifs (C(OH)–C–C–N with tert-alkyl or cyclic N) is 1. The number of para-hydroxylation sites is 1. The van der Waals surface area contributed by atoms with E-state index in [4.69, 9.17) is 9.47 Å². The SMILES string of the molecule is C[C@]1(O)CN(C(=O)C2CCOCC2)CC[C@@H]1Oc1ccccc1. The molecule has 0 spiro atoms. The number of aliphatic hydroxyl groups is 1. The number of likely N-dealkylation sites (tertiary alicyclic amines) is 1. The third-order valence-corrected chi connectivity index (χ3v) is 4.77. The van der Waals surface area contributed by atoms with E-state index in [-0.39, 0.29) is 17.9 Å². The van der Waals surface area contributed by atoms with E-state index in [1.807, 2.05) is 30.3 Å². The fourth-order valence-electron chi connectivity index (χ4n) is 3.39. The van der Waals surface area contributed by atoms with Crippen molar-refractivity contribution in [3.8, 4) is 5.75 Å². The predicted octanol–water partition coefficient (Wildman–Crippen LogP) is 1.84. The van der Waals surface area contributed by atoms with Gasteiger partial charge in [0.2, 0.25) is 5.91 Å². The molecule has 5 heteroatoms. The topological polar surface area (TPSA) is 59.0 Å². The number of carbonyl (C=O) groups is 1. The minimum Gasteiger partial charge on any atom is -0.487 e. The molecule has 5 nitrogen and oxygen atoms in total. The van der Waals surface area contributed by atoms with Crippen molar-refractivity contribution in [2.45, 2.75) is 37.9 Å². The standard InChI is InChI=1S/C18H25NO4/c1-18(21)13-19(17(20)14-8-11-22-12-9-14)10-7-16(18)23-15-5-3-2-4-6-15/h2-6,14,16,21H,7-13H2,1H3/t16-,18-/m0/s1. The van der Waals surface area contributed by atoms with E-state index >= 15 is 0 Å². The number of hydrogen-bond donors (Lipinski definition) is 1. The molecule has 1 N–H and O–H groups in total. The average Bonchev–Trinajstić information content (AvgIpc) is 2.57. The van der Waals surface area contributed by atoms with Gasteiger partial charge in [0.1, 0.15) is 17.5 Å². The van der Waals surface area contributed by atoms with Gasteiger partial charge in [-0.15, -0.1) is 0 Å². The molecule has 1 aromatic carbocycles. The highest BCUT2D eigenvalue weighted by atomic mass is 16.5. The monoisotopic (exact) mass is 319 g/mol. The number of benzene rings is 1. The Labute approximate surface area is 137 Å². The first kappa shape index (κ1) is 16.3. The molecule has 2 aliphatic rings. The third kappa shape index (κ3) is 3.85. The zero-order chi connectivity index (χ0) is 16.3. The van der Waals surface area contributed by atoms with Crippen LogP contribution >= 0.6 is 0 Å². The Balaban J connectivity index is 1.61. The van der Waals surface area contributed by atoms with Crippen molar-refractivity contribution in [3.63, 3.8) is 0 Å². The van der Waals surface area contributed by atoms with Gasteiger partial charge in [0.05, 0.1) is 6.54 Å². The zero-order valence-corrected chi connectivity index (χ0v) is 13.6. The van der Waals surface area contributed by atoms with Crippen LogP contribution in [0.5, 0.6) is 5.75 Å². The summed E-state index contributed by atoms with van der Waals surface area (Å²) < 4.78 is 11.3.